The Labute approximate surface area is 159 Å². The van der Waals surface area contributed by atoms with Crippen molar-refractivity contribution < 1.29 is 9.90 Å². The van der Waals surface area contributed by atoms with Gasteiger partial charge < -0.3 is 10.0 Å². The summed E-state index contributed by atoms with van der Waals surface area (Å²) in [6, 6.07) is 23.9. The number of benzene rings is 3. The minimum atomic E-state index is -0.974. The molecule has 3 aromatic carbocycles. The predicted molar refractivity (Wildman–Crippen MR) is 109 cm³/mol. The molecule has 27 heavy (non-hydrogen) atoms. The van der Waals surface area contributed by atoms with Crippen LogP contribution in [0.15, 0.2) is 72.8 Å². The van der Waals surface area contributed by atoms with Crippen molar-refractivity contribution in [3.8, 4) is 0 Å². The fourth-order valence-corrected chi connectivity index (χ4v) is 3.63. The highest BCUT2D eigenvalue weighted by atomic mass is 16.4. The molecule has 0 aliphatic carbocycles. The molecule has 1 N–H and O–H groups in total. The molecule has 4 nitrogen and oxygen atoms in total. The predicted octanol–water partition coefficient (Wildman–Crippen LogP) is 5.37. The highest BCUT2D eigenvalue weighted by molar-refractivity contribution is 5.95. The zero-order chi connectivity index (χ0) is 18.8. The van der Waals surface area contributed by atoms with Gasteiger partial charge in [0.1, 0.15) is 0 Å². The summed E-state index contributed by atoms with van der Waals surface area (Å²) >= 11 is 0. The molecule has 4 rings (SSSR count). The number of nitrogens with zero attached hydrogens (tertiary/aromatic N) is 2. The molecule has 3 aromatic rings. The Morgan fingerprint density at radius 3 is 2.41 bits per heavy atom. The van der Waals surface area contributed by atoms with Crippen molar-refractivity contribution in [3.63, 3.8) is 0 Å². The Bertz CT molecular complexity index is 952. The third kappa shape index (κ3) is 3.51. The van der Waals surface area contributed by atoms with E-state index in [-0.39, 0.29) is 0 Å². The lowest BCUT2D eigenvalue weighted by atomic mass is 10.1. The second-order valence-electron chi connectivity index (χ2n) is 6.92. The first-order valence-electron chi connectivity index (χ1n) is 9.13. The molecular weight excluding hydrogens is 336 g/mol. The van der Waals surface area contributed by atoms with Gasteiger partial charge in [0.15, 0.2) is 0 Å². The van der Waals surface area contributed by atoms with E-state index in [0.29, 0.717) is 11.4 Å². The summed E-state index contributed by atoms with van der Waals surface area (Å²) in [5.74, 6) is 0. The molecule has 1 aliphatic rings. The Morgan fingerprint density at radius 1 is 1.00 bits per heavy atom. The van der Waals surface area contributed by atoms with Crippen molar-refractivity contribution in [2.24, 2.45) is 0 Å². The van der Waals surface area contributed by atoms with Gasteiger partial charge >= 0.3 is 6.09 Å². The number of hydrogen-bond acceptors (Lipinski definition) is 2. The summed E-state index contributed by atoms with van der Waals surface area (Å²) in [5, 5.41) is 9.76. The first kappa shape index (κ1) is 17.2. The number of amides is 1. The van der Waals surface area contributed by atoms with Crippen LogP contribution in [0.3, 0.4) is 0 Å². The van der Waals surface area contributed by atoms with Crippen LogP contribution in [-0.4, -0.2) is 17.7 Å². The third-order valence-electron chi connectivity index (χ3n) is 5.01. The van der Waals surface area contributed by atoms with Crippen molar-refractivity contribution in [3.05, 3.63) is 89.5 Å². The van der Waals surface area contributed by atoms with Crippen molar-refractivity contribution in [2.75, 3.05) is 16.3 Å². The smallest absolute Gasteiger partial charge is 0.416 e. The number of carbonyl (C=O) groups is 1. The van der Waals surface area contributed by atoms with E-state index in [9.17, 15) is 9.90 Å². The van der Waals surface area contributed by atoms with Gasteiger partial charge in [-0.15, -0.1) is 0 Å². The molecule has 0 unspecified atom stereocenters. The minimum Gasteiger partial charge on any atom is -0.464 e. The minimum absolute atomic E-state index is 0.659. The lowest BCUT2D eigenvalue weighted by Crippen LogP contribution is -2.23. The lowest BCUT2D eigenvalue weighted by molar-refractivity contribution is 0.205. The van der Waals surface area contributed by atoms with Crippen LogP contribution in [0.4, 0.5) is 21.9 Å². The molecule has 0 spiro atoms. The standard InChI is InChI=1S/C23H22N2O2/c1-17-7-9-20(10-8-17)25(23(26)27)21-11-12-22-19(15-21)13-14-24(22)16-18-5-3-2-4-6-18/h2-12,15H,13-14,16H2,1H3,(H,26,27). The van der Waals surface area contributed by atoms with Crippen molar-refractivity contribution in [2.45, 2.75) is 19.9 Å². The number of rotatable bonds is 4. The van der Waals surface area contributed by atoms with E-state index in [0.717, 1.165) is 25.1 Å². The molecular formula is C23H22N2O2. The summed E-state index contributed by atoms with van der Waals surface area (Å²) < 4.78 is 0. The zero-order valence-electron chi connectivity index (χ0n) is 15.3. The summed E-state index contributed by atoms with van der Waals surface area (Å²) in [5.41, 5.74) is 6.12. The highest BCUT2D eigenvalue weighted by Crippen LogP contribution is 2.35. The first-order chi connectivity index (χ1) is 13.1. The van der Waals surface area contributed by atoms with Gasteiger partial charge in [0.05, 0.1) is 11.4 Å². The van der Waals surface area contributed by atoms with Gasteiger partial charge in [-0.2, -0.15) is 0 Å². The van der Waals surface area contributed by atoms with Crippen LogP contribution in [0, 0.1) is 6.92 Å². The number of anilines is 3. The van der Waals surface area contributed by atoms with Crippen LogP contribution in [0.5, 0.6) is 0 Å². The van der Waals surface area contributed by atoms with Crippen LogP contribution in [-0.2, 0) is 13.0 Å². The number of fused-ring (bicyclic) bond motifs is 1. The van der Waals surface area contributed by atoms with E-state index in [4.69, 9.17) is 0 Å². The second-order valence-corrected chi connectivity index (χ2v) is 6.92. The van der Waals surface area contributed by atoms with Gasteiger partial charge in [0, 0.05) is 18.8 Å². The van der Waals surface area contributed by atoms with Crippen LogP contribution < -0.4 is 9.80 Å². The molecule has 0 radical (unpaired) electrons. The Morgan fingerprint density at radius 2 is 1.70 bits per heavy atom. The van der Waals surface area contributed by atoms with E-state index < -0.39 is 6.09 Å². The molecule has 0 saturated heterocycles. The maximum Gasteiger partial charge on any atom is 0.416 e. The first-order valence-corrected chi connectivity index (χ1v) is 9.13. The monoisotopic (exact) mass is 358 g/mol. The Balaban J connectivity index is 1.62. The van der Waals surface area contributed by atoms with E-state index >= 15 is 0 Å². The van der Waals surface area contributed by atoms with Crippen LogP contribution in [0.25, 0.3) is 0 Å². The lowest BCUT2D eigenvalue weighted by Gasteiger charge is -2.22. The Kier molecular flexibility index (Phi) is 4.55. The summed E-state index contributed by atoms with van der Waals surface area (Å²) in [6.45, 7) is 3.81. The van der Waals surface area contributed by atoms with Crippen LogP contribution >= 0.6 is 0 Å². The van der Waals surface area contributed by atoms with Gasteiger partial charge in [-0.3, -0.25) is 0 Å². The number of aryl methyl sites for hydroxylation is 1. The van der Waals surface area contributed by atoms with Crippen LogP contribution in [0.1, 0.15) is 16.7 Å². The van der Waals surface area contributed by atoms with Gasteiger partial charge in [-0.25, -0.2) is 9.69 Å². The summed E-state index contributed by atoms with van der Waals surface area (Å²) in [6.07, 6.45) is -0.0462. The van der Waals surface area contributed by atoms with E-state index in [2.05, 4.69) is 29.2 Å². The summed E-state index contributed by atoms with van der Waals surface area (Å²) in [4.78, 5) is 15.6. The van der Waals surface area contributed by atoms with Crippen molar-refractivity contribution >= 4 is 23.2 Å². The molecule has 4 heteroatoms. The quantitative estimate of drug-likeness (QED) is 0.681. The Hall–Kier alpha value is -3.27. The zero-order valence-corrected chi connectivity index (χ0v) is 15.3. The fourth-order valence-electron chi connectivity index (χ4n) is 3.63. The SMILES string of the molecule is Cc1ccc(N(C(=O)O)c2ccc3c(c2)CCN3Cc2ccccc2)cc1. The molecule has 0 bridgehead atoms. The molecule has 0 aromatic heterocycles. The van der Waals surface area contributed by atoms with Gasteiger partial charge in [-0.1, -0.05) is 48.0 Å². The van der Waals surface area contributed by atoms with Gasteiger partial charge in [-0.05, 0) is 54.8 Å². The fraction of sp³-hybridized carbons (Fsp3) is 0.174. The van der Waals surface area contributed by atoms with Gasteiger partial charge in [0.2, 0.25) is 0 Å². The number of carboxylic acid groups (broad SMARTS) is 1. The largest absolute Gasteiger partial charge is 0.464 e. The molecule has 0 atom stereocenters. The molecule has 1 aliphatic heterocycles. The normalized spacial score (nSPS) is 12.7. The number of hydrogen-bond donors (Lipinski definition) is 1. The van der Waals surface area contributed by atoms with E-state index in [1.54, 1.807) is 0 Å². The highest BCUT2D eigenvalue weighted by Gasteiger charge is 2.23. The maximum atomic E-state index is 11.9. The van der Waals surface area contributed by atoms with Gasteiger partial charge in [0.25, 0.3) is 0 Å². The molecule has 0 fully saturated rings. The van der Waals surface area contributed by atoms with E-state index in [1.165, 1.54) is 21.7 Å². The van der Waals surface area contributed by atoms with E-state index in [1.807, 2.05) is 55.5 Å². The average molecular weight is 358 g/mol. The second kappa shape index (κ2) is 7.16. The molecule has 0 saturated carbocycles. The third-order valence-corrected chi connectivity index (χ3v) is 5.01. The molecule has 136 valence electrons. The molecule has 1 amide bonds. The average Bonchev–Trinajstić information content (AvgIpc) is 3.06. The maximum absolute atomic E-state index is 11.9. The molecule has 1 heterocycles. The topological polar surface area (TPSA) is 43.8 Å². The van der Waals surface area contributed by atoms with Crippen molar-refractivity contribution in [1.29, 1.82) is 0 Å². The van der Waals surface area contributed by atoms with Crippen LogP contribution in [0.2, 0.25) is 0 Å². The van der Waals surface area contributed by atoms with Crippen molar-refractivity contribution in [1.82, 2.24) is 0 Å². The summed E-state index contributed by atoms with van der Waals surface area (Å²) in [7, 11) is 0.